The van der Waals surface area contributed by atoms with Crippen molar-refractivity contribution in [2.24, 2.45) is 11.7 Å². The lowest BCUT2D eigenvalue weighted by Gasteiger charge is -2.21. The van der Waals surface area contributed by atoms with E-state index in [1.165, 1.54) is 17.7 Å². The zero-order valence-corrected chi connectivity index (χ0v) is 9.73. The quantitative estimate of drug-likeness (QED) is 0.815. The molecule has 2 rings (SSSR count). The Labute approximate surface area is 89.7 Å². The summed E-state index contributed by atoms with van der Waals surface area (Å²) in [5.74, 6) is 0.822. The topological polar surface area (TPSA) is 38.9 Å². The van der Waals surface area contributed by atoms with Gasteiger partial charge in [-0.2, -0.15) is 4.37 Å². The Morgan fingerprint density at radius 2 is 2.50 bits per heavy atom. The van der Waals surface area contributed by atoms with Crippen molar-refractivity contribution >= 4 is 11.5 Å². The van der Waals surface area contributed by atoms with Crippen LogP contribution in [0.15, 0.2) is 6.07 Å². The van der Waals surface area contributed by atoms with Gasteiger partial charge in [-0.25, -0.2) is 0 Å². The third-order valence-electron chi connectivity index (χ3n) is 3.35. The molecule has 14 heavy (non-hydrogen) atoms. The summed E-state index contributed by atoms with van der Waals surface area (Å²) in [6.07, 6.45) is 4.82. The van der Waals surface area contributed by atoms with E-state index in [-0.39, 0.29) is 5.54 Å². The van der Waals surface area contributed by atoms with Gasteiger partial charge in [0.25, 0.3) is 0 Å². The molecule has 0 spiro atoms. The van der Waals surface area contributed by atoms with E-state index in [9.17, 15) is 0 Å². The van der Waals surface area contributed by atoms with E-state index in [1.807, 2.05) is 6.92 Å². The van der Waals surface area contributed by atoms with Gasteiger partial charge in [0.1, 0.15) is 0 Å². The lowest BCUT2D eigenvalue weighted by molar-refractivity contribution is 0.431. The highest BCUT2D eigenvalue weighted by atomic mass is 32.1. The normalized spacial score (nSPS) is 32.4. The van der Waals surface area contributed by atoms with E-state index in [2.05, 4.69) is 17.4 Å². The summed E-state index contributed by atoms with van der Waals surface area (Å²) in [6.45, 7) is 4.30. The van der Waals surface area contributed by atoms with Crippen LogP contribution in [0.5, 0.6) is 0 Å². The minimum atomic E-state index is -0.0629. The zero-order chi connectivity index (χ0) is 10.2. The van der Waals surface area contributed by atoms with Crippen molar-refractivity contribution in [2.75, 3.05) is 0 Å². The highest BCUT2D eigenvalue weighted by molar-refractivity contribution is 7.06. The highest BCUT2D eigenvalue weighted by Crippen LogP contribution is 2.42. The molecule has 0 amide bonds. The Morgan fingerprint density at radius 1 is 1.71 bits per heavy atom. The van der Waals surface area contributed by atoms with Crippen LogP contribution in [0.4, 0.5) is 0 Å². The van der Waals surface area contributed by atoms with Crippen molar-refractivity contribution in [1.29, 1.82) is 0 Å². The summed E-state index contributed by atoms with van der Waals surface area (Å²) in [4.78, 5) is 1.28. The number of aromatic nitrogens is 1. The van der Waals surface area contributed by atoms with Gasteiger partial charge in [-0.3, -0.25) is 0 Å². The molecule has 2 atom stereocenters. The van der Waals surface area contributed by atoms with E-state index >= 15 is 0 Å². The average Bonchev–Trinajstić information content (AvgIpc) is 2.73. The molecule has 2 N–H and O–H groups in total. The van der Waals surface area contributed by atoms with Crippen LogP contribution in [0.3, 0.4) is 0 Å². The molecule has 1 aromatic rings. The fourth-order valence-corrected chi connectivity index (χ4v) is 3.24. The van der Waals surface area contributed by atoms with Crippen molar-refractivity contribution in [3.63, 3.8) is 0 Å². The van der Waals surface area contributed by atoms with Crippen LogP contribution in [0.2, 0.25) is 0 Å². The molecule has 0 bridgehead atoms. The van der Waals surface area contributed by atoms with Gasteiger partial charge < -0.3 is 5.73 Å². The average molecular weight is 210 g/mol. The Balaban J connectivity index is 2.18. The van der Waals surface area contributed by atoms with E-state index in [0.29, 0.717) is 0 Å². The first-order valence-corrected chi connectivity index (χ1v) is 6.14. The number of rotatable bonds is 2. The van der Waals surface area contributed by atoms with Gasteiger partial charge >= 0.3 is 0 Å². The molecule has 1 aliphatic carbocycles. The molecule has 0 aromatic carbocycles. The fourth-order valence-electron chi connectivity index (χ4n) is 2.35. The van der Waals surface area contributed by atoms with Gasteiger partial charge in [0.15, 0.2) is 0 Å². The van der Waals surface area contributed by atoms with Crippen LogP contribution in [-0.4, -0.2) is 4.37 Å². The van der Waals surface area contributed by atoms with Crippen molar-refractivity contribution in [3.8, 4) is 0 Å². The number of hydrogen-bond acceptors (Lipinski definition) is 3. The van der Waals surface area contributed by atoms with Gasteiger partial charge in [0.2, 0.25) is 0 Å². The smallest absolute Gasteiger partial charge is 0.0522 e. The standard InChI is InChI=1S/C11H18N2S/c1-3-9-4-5-11(12,7-9)10-6-8(2)13-14-10/h6,9H,3-5,7,12H2,1-2H3. The largest absolute Gasteiger partial charge is 0.321 e. The maximum atomic E-state index is 6.43. The molecular weight excluding hydrogens is 192 g/mol. The monoisotopic (exact) mass is 210 g/mol. The van der Waals surface area contributed by atoms with Crippen LogP contribution < -0.4 is 5.73 Å². The number of nitrogens with zero attached hydrogens (tertiary/aromatic N) is 1. The molecule has 0 aliphatic heterocycles. The second kappa shape index (κ2) is 3.63. The molecule has 0 radical (unpaired) electrons. The molecule has 2 nitrogen and oxygen atoms in total. The zero-order valence-electron chi connectivity index (χ0n) is 8.92. The lowest BCUT2D eigenvalue weighted by atomic mass is 9.94. The molecule has 1 saturated carbocycles. The number of nitrogens with two attached hydrogens (primary N) is 1. The minimum absolute atomic E-state index is 0.0629. The number of aryl methyl sites for hydroxylation is 1. The van der Waals surface area contributed by atoms with Crippen molar-refractivity contribution in [3.05, 3.63) is 16.6 Å². The van der Waals surface area contributed by atoms with E-state index < -0.39 is 0 Å². The van der Waals surface area contributed by atoms with Crippen LogP contribution in [0.25, 0.3) is 0 Å². The molecule has 0 saturated heterocycles. The molecule has 1 fully saturated rings. The summed E-state index contributed by atoms with van der Waals surface area (Å²) >= 11 is 1.58. The van der Waals surface area contributed by atoms with Crippen LogP contribution in [0.1, 0.15) is 43.2 Å². The Morgan fingerprint density at radius 3 is 3.00 bits per heavy atom. The van der Waals surface area contributed by atoms with Crippen molar-refractivity contribution in [1.82, 2.24) is 4.37 Å². The van der Waals surface area contributed by atoms with Crippen LogP contribution in [-0.2, 0) is 5.54 Å². The SMILES string of the molecule is CCC1CCC(N)(c2cc(C)ns2)C1. The fraction of sp³-hybridized carbons (Fsp3) is 0.727. The first-order valence-electron chi connectivity index (χ1n) is 5.37. The molecule has 2 unspecified atom stereocenters. The summed E-state index contributed by atoms with van der Waals surface area (Å²) in [7, 11) is 0. The third kappa shape index (κ3) is 1.71. The van der Waals surface area contributed by atoms with Crippen molar-refractivity contribution in [2.45, 2.75) is 45.1 Å². The Kier molecular flexibility index (Phi) is 2.62. The Hall–Kier alpha value is -0.410. The van der Waals surface area contributed by atoms with Crippen molar-refractivity contribution < 1.29 is 0 Å². The summed E-state index contributed by atoms with van der Waals surface area (Å²) in [6, 6.07) is 2.16. The predicted molar refractivity (Wildman–Crippen MR) is 60.3 cm³/mol. The number of hydrogen-bond donors (Lipinski definition) is 1. The third-order valence-corrected chi connectivity index (χ3v) is 4.45. The maximum absolute atomic E-state index is 6.43. The van der Waals surface area contributed by atoms with Gasteiger partial charge in [-0.1, -0.05) is 13.3 Å². The lowest BCUT2D eigenvalue weighted by Crippen LogP contribution is -2.32. The van der Waals surface area contributed by atoms with E-state index in [1.54, 1.807) is 11.5 Å². The summed E-state index contributed by atoms with van der Waals surface area (Å²) in [5.41, 5.74) is 7.47. The molecular formula is C11H18N2S. The molecule has 3 heteroatoms. The predicted octanol–water partition coefficient (Wildman–Crippen LogP) is 2.82. The second-order valence-electron chi connectivity index (χ2n) is 4.51. The second-order valence-corrected chi connectivity index (χ2v) is 5.31. The highest BCUT2D eigenvalue weighted by Gasteiger charge is 2.37. The van der Waals surface area contributed by atoms with Gasteiger partial charge in [-0.15, -0.1) is 0 Å². The first kappa shape index (κ1) is 10.1. The molecule has 78 valence electrons. The van der Waals surface area contributed by atoms with Crippen LogP contribution >= 0.6 is 11.5 Å². The molecule has 1 aliphatic rings. The minimum Gasteiger partial charge on any atom is -0.321 e. The summed E-state index contributed by atoms with van der Waals surface area (Å²) < 4.78 is 4.32. The van der Waals surface area contributed by atoms with Gasteiger partial charge in [0.05, 0.1) is 11.2 Å². The van der Waals surface area contributed by atoms with Crippen LogP contribution in [0, 0.1) is 12.8 Å². The Bertz CT molecular complexity index is 321. The van der Waals surface area contributed by atoms with E-state index in [0.717, 1.165) is 24.5 Å². The maximum Gasteiger partial charge on any atom is 0.0522 e. The van der Waals surface area contributed by atoms with E-state index in [4.69, 9.17) is 5.73 Å². The van der Waals surface area contributed by atoms with Gasteiger partial charge in [-0.05, 0) is 49.7 Å². The molecule has 1 aromatic heterocycles. The van der Waals surface area contributed by atoms with Gasteiger partial charge in [0, 0.05) is 4.88 Å². The first-order chi connectivity index (χ1) is 6.64. The summed E-state index contributed by atoms with van der Waals surface area (Å²) in [5, 5.41) is 0. The molecule has 1 heterocycles.